The van der Waals surface area contributed by atoms with E-state index in [0.29, 0.717) is 17.9 Å². The zero-order chi connectivity index (χ0) is 14.5. The van der Waals surface area contributed by atoms with Gasteiger partial charge in [-0.15, -0.1) is 0 Å². The van der Waals surface area contributed by atoms with Gasteiger partial charge in [-0.05, 0) is 24.5 Å². The van der Waals surface area contributed by atoms with Crippen LogP contribution in [0.2, 0.25) is 0 Å². The maximum Gasteiger partial charge on any atom is 0.240 e. The molecule has 1 aromatic carbocycles. The Morgan fingerprint density at radius 2 is 2.16 bits per heavy atom. The normalized spacial score (nSPS) is 13.3. The molecule has 0 bridgehead atoms. The third-order valence-electron chi connectivity index (χ3n) is 2.70. The molecule has 1 aromatic rings. The number of thioether (sulfide) groups is 1. The molecule has 1 unspecified atom stereocenters. The van der Waals surface area contributed by atoms with E-state index in [2.05, 4.69) is 4.72 Å². The van der Waals surface area contributed by atoms with Crippen LogP contribution in [-0.2, 0) is 16.6 Å². The van der Waals surface area contributed by atoms with Crippen LogP contribution in [-0.4, -0.2) is 38.7 Å². The SMILES string of the molecule is COc1ccc(S(=O)(=O)NCC(C)SC)cc1CO. The Kier molecular flexibility index (Phi) is 6.12. The van der Waals surface area contributed by atoms with Crippen molar-refractivity contribution >= 4 is 21.8 Å². The second-order valence-electron chi connectivity index (χ2n) is 4.03. The topological polar surface area (TPSA) is 75.6 Å². The number of benzene rings is 1. The lowest BCUT2D eigenvalue weighted by atomic mass is 10.2. The van der Waals surface area contributed by atoms with Gasteiger partial charge >= 0.3 is 0 Å². The fourth-order valence-corrected chi connectivity index (χ4v) is 2.98. The van der Waals surface area contributed by atoms with Crippen LogP contribution >= 0.6 is 11.8 Å². The minimum atomic E-state index is -3.55. The first kappa shape index (κ1) is 16.3. The molecule has 19 heavy (non-hydrogen) atoms. The van der Waals surface area contributed by atoms with Crippen molar-refractivity contribution in [3.8, 4) is 5.75 Å². The van der Waals surface area contributed by atoms with E-state index in [9.17, 15) is 13.5 Å². The largest absolute Gasteiger partial charge is 0.496 e. The first-order valence-corrected chi connectivity index (χ1v) is 8.52. The van der Waals surface area contributed by atoms with Gasteiger partial charge in [-0.1, -0.05) is 6.92 Å². The third-order valence-corrected chi connectivity index (χ3v) is 5.09. The first-order chi connectivity index (χ1) is 8.94. The molecule has 0 aliphatic carbocycles. The van der Waals surface area contributed by atoms with Crippen LogP contribution in [0.3, 0.4) is 0 Å². The lowest BCUT2D eigenvalue weighted by Crippen LogP contribution is -2.29. The van der Waals surface area contributed by atoms with Crippen LogP contribution in [0, 0.1) is 0 Å². The molecule has 108 valence electrons. The van der Waals surface area contributed by atoms with Gasteiger partial charge in [0, 0.05) is 17.4 Å². The Balaban J connectivity index is 2.95. The average Bonchev–Trinajstić information content (AvgIpc) is 2.43. The average molecular weight is 305 g/mol. The molecule has 0 radical (unpaired) electrons. The number of ether oxygens (including phenoxy) is 1. The smallest absolute Gasteiger partial charge is 0.240 e. The highest BCUT2D eigenvalue weighted by atomic mass is 32.2. The Labute approximate surface area is 118 Å². The molecule has 2 N–H and O–H groups in total. The van der Waals surface area contributed by atoms with Gasteiger partial charge in [0.2, 0.25) is 10.0 Å². The molecule has 0 aliphatic heterocycles. The van der Waals surface area contributed by atoms with Crippen molar-refractivity contribution in [2.24, 2.45) is 0 Å². The molecule has 1 rings (SSSR count). The number of sulfonamides is 1. The molecule has 7 heteroatoms. The summed E-state index contributed by atoms with van der Waals surface area (Å²) < 4.78 is 31.7. The highest BCUT2D eigenvalue weighted by molar-refractivity contribution is 7.99. The van der Waals surface area contributed by atoms with Gasteiger partial charge < -0.3 is 9.84 Å². The van der Waals surface area contributed by atoms with Crippen LogP contribution in [0.25, 0.3) is 0 Å². The molecule has 0 saturated heterocycles. The van der Waals surface area contributed by atoms with Gasteiger partial charge in [0.25, 0.3) is 0 Å². The van der Waals surface area contributed by atoms with Crippen LogP contribution in [0.4, 0.5) is 0 Å². The summed E-state index contributed by atoms with van der Waals surface area (Å²) in [7, 11) is -2.08. The van der Waals surface area contributed by atoms with Gasteiger partial charge in [0.15, 0.2) is 0 Å². The van der Waals surface area contributed by atoms with E-state index >= 15 is 0 Å². The van der Waals surface area contributed by atoms with Gasteiger partial charge in [-0.3, -0.25) is 0 Å². The zero-order valence-electron chi connectivity index (χ0n) is 11.2. The third kappa shape index (κ3) is 4.38. The maximum absolute atomic E-state index is 12.1. The molecule has 0 aromatic heterocycles. The second kappa shape index (κ2) is 7.14. The number of hydrogen-bond donors (Lipinski definition) is 2. The molecule has 0 heterocycles. The summed E-state index contributed by atoms with van der Waals surface area (Å²) in [5.74, 6) is 0.471. The Morgan fingerprint density at radius 1 is 1.47 bits per heavy atom. The van der Waals surface area contributed by atoms with E-state index in [0.717, 1.165) is 0 Å². The number of hydrogen-bond acceptors (Lipinski definition) is 5. The summed E-state index contributed by atoms with van der Waals surface area (Å²) >= 11 is 1.59. The van der Waals surface area contributed by atoms with Crippen LogP contribution in [0.1, 0.15) is 12.5 Å². The fourth-order valence-electron chi connectivity index (χ4n) is 1.44. The van der Waals surface area contributed by atoms with Crippen LogP contribution < -0.4 is 9.46 Å². The van der Waals surface area contributed by atoms with E-state index in [1.165, 1.54) is 25.3 Å². The zero-order valence-corrected chi connectivity index (χ0v) is 12.8. The van der Waals surface area contributed by atoms with E-state index in [4.69, 9.17) is 4.74 Å². The molecule has 0 aliphatic rings. The summed E-state index contributed by atoms with van der Waals surface area (Å²) in [4.78, 5) is 0.130. The van der Waals surface area contributed by atoms with Crippen molar-refractivity contribution in [2.75, 3.05) is 19.9 Å². The highest BCUT2D eigenvalue weighted by Gasteiger charge is 2.16. The molecule has 0 spiro atoms. The van der Waals surface area contributed by atoms with Crippen molar-refractivity contribution in [1.82, 2.24) is 4.72 Å². The second-order valence-corrected chi connectivity index (χ2v) is 7.07. The summed E-state index contributed by atoms with van der Waals surface area (Å²) in [5.41, 5.74) is 0.447. The Bertz CT molecular complexity index is 516. The van der Waals surface area contributed by atoms with E-state index in [1.807, 2.05) is 13.2 Å². The van der Waals surface area contributed by atoms with E-state index in [-0.39, 0.29) is 16.8 Å². The van der Waals surface area contributed by atoms with Gasteiger partial charge in [0.05, 0.1) is 18.6 Å². The quantitative estimate of drug-likeness (QED) is 0.792. The number of methoxy groups -OCH3 is 1. The Hall–Kier alpha value is -0.760. The minimum Gasteiger partial charge on any atom is -0.496 e. The number of rotatable bonds is 7. The van der Waals surface area contributed by atoms with E-state index < -0.39 is 10.0 Å². The monoisotopic (exact) mass is 305 g/mol. The predicted octanol–water partition coefficient (Wildman–Crippen LogP) is 1.22. The van der Waals surface area contributed by atoms with Gasteiger partial charge in [-0.25, -0.2) is 13.1 Å². The Morgan fingerprint density at radius 3 is 2.68 bits per heavy atom. The van der Waals surface area contributed by atoms with E-state index in [1.54, 1.807) is 11.8 Å². The van der Waals surface area contributed by atoms with Crippen molar-refractivity contribution in [3.63, 3.8) is 0 Å². The summed E-state index contributed by atoms with van der Waals surface area (Å²) in [6.45, 7) is 2.04. The molecule has 0 amide bonds. The number of aliphatic hydroxyl groups excluding tert-OH is 1. The maximum atomic E-state index is 12.1. The summed E-state index contributed by atoms with van der Waals surface area (Å²) in [5, 5.41) is 9.40. The molecule has 0 fully saturated rings. The molecular weight excluding hydrogens is 286 g/mol. The van der Waals surface area contributed by atoms with Crippen molar-refractivity contribution in [1.29, 1.82) is 0 Å². The van der Waals surface area contributed by atoms with Crippen molar-refractivity contribution in [2.45, 2.75) is 23.7 Å². The van der Waals surface area contributed by atoms with Crippen molar-refractivity contribution in [3.05, 3.63) is 23.8 Å². The molecular formula is C12H19NO4S2. The molecule has 0 saturated carbocycles. The summed E-state index contributed by atoms with van der Waals surface area (Å²) in [6, 6.07) is 4.42. The van der Waals surface area contributed by atoms with Crippen LogP contribution in [0.15, 0.2) is 23.1 Å². The highest BCUT2D eigenvalue weighted by Crippen LogP contribution is 2.22. The predicted molar refractivity (Wildman–Crippen MR) is 77.1 cm³/mol. The summed E-state index contributed by atoms with van der Waals surface area (Å²) in [6.07, 6.45) is 1.93. The van der Waals surface area contributed by atoms with Gasteiger partial charge in [-0.2, -0.15) is 11.8 Å². The first-order valence-electron chi connectivity index (χ1n) is 5.74. The van der Waals surface area contributed by atoms with Crippen LogP contribution in [0.5, 0.6) is 5.75 Å². The molecule has 5 nitrogen and oxygen atoms in total. The lowest BCUT2D eigenvalue weighted by Gasteiger charge is -2.12. The minimum absolute atomic E-state index is 0.130. The molecule has 1 atom stereocenters. The van der Waals surface area contributed by atoms with Crippen molar-refractivity contribution < 1.29 is 18.3 Å². The fraction of sp³-hybridized carbons (Fsp3) is 0.500. The standard InChI is InChI=1S/C12H19NO4S2/c1-9(18-3)7-13-19(15,16)11-4-5-12(17-2)10(6-11)8-14/h4-6,9,13-14H,7-8H2,1-3H3. The number of nitrogens with one attached hydrogen (secondary N) is 1. The lowest BCUT2D eigenvalue weighted by molar-refractivity contribution is 0.273. The van der Waals surface area contributed by atoms with Gasteiger partial charge in [0.1, 0.15) is 5.75 Å². The number of aliphatic hydroxyl groups is 1.